The Hall–Kier alpha value is -2.08. The molecule has 102 valence electrons. The van der Waals surface area contributed by atoms with E-state index >= 15 is 0 Å². The van der Waals surface area contributed by atoms with Crippen LogP contribution in [0.5, 0.6) is 0 Å². The van der Waals surface area contributed by atoms with Crippen LogP contribution in [0.25, 0.3) is 0 Å². The SMILES string of the molecule is CNC(C)(C)CNc1cc(Nc2cc[nH]c2)ncn1. The number of aromatic nitrogens is 3. The molecule has 0 radical (unpaired) electrons. The van der Waals surface area contributed by atoms with E-state index in [4.69, 9.17) is 0 Å². The highest BCUT2D eigenvalue weighted by molar-refractivity contribution is 5.57. The van der Waals surface area contributed by atoms with Gasteiger partial charge in [-0.15, -0.1) is 0 Å². The zero-order chi connectivity index (χ0) is 13.7. The summed E-state index contributed by atoms with van der Waals surface area (Å²) in [5.41, 5.74) is 0.985. The van der Waals surface area contributed by atoms with Gasteiger partial charge >= 0.3 is 0 Å². The minimum absolute atomic E-state index is 0.0131. The van der Waals surface area contributed by atoms with Crippen molar-refractivity contribution >= 4 is 17.3 Å². The van der Waals surface area contributed by atoms with E-state index in [0.717, 1.165) is 23.9 Å². The van der Waals surface area contributed by atoms with Gasteiger partial charge in [0.15, 0.2) is 0 Å². The maximum atomic E-state index is 4.21. The van der Waals surface area contributed by atoms with Gasteiger partial charge < -0.3 is 20.9 Å². The molecule has 0 bridgehead atoms. The average Bonchev–Trinajstić information content (AvgIpc) is 2.90. The quantitative estimate of drug-likeness (QED) is 0.638. The number of nitrogens with one attached hydrogen (secondary N) is 4. The molecule has 2 heterocycles. The number of likely N-dealkylation sites (N-methyl/N-ethyl adjacent to an activating group) is 1. The first-order valence-corrected chi connectivity index (χ1v) is 6.24. The fourth-order valence-corrected chi connectivity index (χ4v) is 1.47. The van der Waals surface area contributed by atoms with Crippen LogP contribution in [0, 0.1) is 0 Å². The smallest absolute Gasteiger partial charge is 0.135 e. The van der Waals surface area contributed by atoms with Gasteiger partial charge in [0.2, 0.25) is 0 Å². The van der Waals surface area contributed by atoms with Crippen molar-refractivity contribution in [2.24, 2.45) is 0 Å². The number of anilines is 3. The van der Waals surface area contributed by atoms with E-state index in [1.807, 2.05) is 31.6 Å². The first-order chi connectivity index (χ1) is 9.09. The van der Waals surface area contributed by atoms with Gasteiger partial charge in [-0.05, 0) is 27.0 Å². The van der Waals surface area contributed by atoms with Crippen LogP contribution in [0.15, 0.2) is 30.9 Å². The molecule has 0 saturated carbocycles. The highest BCUT2D eigenvalue weighted by Gasteiger charge is 2.14. The zero-order valence-electron chi connectivity index (χ0n) is 11.5. The number of H-pyrrole nitrogens is 1. The Bertz CT molecular complexity index is 506. The molecule has 0 aliphatic heterocycles. The second-order valence-electron chi connectivity index (χ2n) is 5.00. The predicted octanol–water partition coefficient (Wildman–Crippen LogP) is 1.96. The molecule has 0 saturated heterocycles. The van der Waals surface area contributed by atoms with E-state index in [9.17, 15) is 0 Å². The van der Waals surface area contributed by atoms with Crippen LogP contribution in [0.4, 0.5) is 17.3 Å². The third-order valence-corrected chi connectivity index (χ3v) is 2.93. The van der Waals surface area contributed by atoms with Gasteiger partial charge in [-0.2, -0.15) is 0 Å². The van der Waals surface area contributed by atoms with Crippen LogP contribution < -0.4 is 16.0 Å². The third kappa shape index (κ3) is 3.96. The minimum atomic E-state index is 0.0131. The van der Waals surface area contributed by atoms with Crippen LogP contribution in [-0.4, -0.2) is 34.1 Å². The second-order valence-corrected chi connectivity index (χ2v) is 5.00. The Kier molecular flexibility index (Phi) is 4.01. The van der Waals surface area contributed by atoms with E-state index in [1.54, 1.807) is 6.33 Å². The largest absolute Gasteiger partial charge is 0.368 e. The molecule has 0 amide bonds. The first kappa shape index (κ1) is 13.4. The van der Waals surface area contributed by atoms with Crippen molar-refractivity contribution in [3.8, 4) is 0 Å². The highest BCUT2D eigenvalue weighted by Crippen LogP contribution is 2.15. The van der Waals surface area contributed by atoms with E-state index in [1.165, 1.54) is 0 Å². The molecule has 0 fully saturated rings. The summed E-state index contributed by atoms with van der Waals surface area (Å²) in [5, 5.41) is 9.73. The normalized spacial score (nSPS) is 11.3. The molecule has 4 N–H and O–H groups in total. The van der Waals surface area contributed by atoms with Crippen molar-refractivity contribution in [2.75, 3.05) is 24.2 Å². The van der Waals surface area contributed by atoms with E-state index in [-0.39, 0.29) is 5.54 Å². The summed E-state index contributed by atoms with van der Waals surface area (Å²) in [7, 11) is 1.94. The van der Waals surface area contributed by atoms with Gasteiger partial charge in [-0.25, -0.2) is 9.97 Å². The van der Waals surface area contributed by atoms with Crippen molar-refractivity contribution in [2.45, 2.75) is 19.4 Å². The van der Waals surface area contributed by atoms with Crippen LogP contribution in [0.1, 0.15) is 13.8 Å². The van der Waals surface area contributed by atoms with Crippen LogP contribution >= 0.6 is 0 Å². The Balaban J connectivity index is 1.99. The standard InChI is InChI=1S/C13H20N6/c1-13(2,14-3)8-16-11-6-12(18-9-17-11)19-10-4-5-15-7-10/h4-7,9,14-15H,8H2,1-3H3,(H2,16,17,18,19). The average molecular weight is 260 g/mol. The van der Waals surface area contributed by atoms with Crippen molar-refractivity contribution in [1.29, 1.82) is 0 Å². The maximum Gasteiger partial charge on any atom is 0.135 e. The molecule has 0 unspecified atom stereocenters. The van der Waals surface area contributed by atoms with Gasteiger partial charge in [0.1, 0.15) is 18.0 Å². The molecule has 6 nitrogen and oxygen atoms in total. The lowest BCUT2D eigenvalue weighted by molar-refractivity contribution is 0.448. The fourth-order valence-electron chi connectivity index (χ4n) is 1.47. The summed E-state index contributed by atoms with van der Waals surface area (Å²) in [6.07, 6.45) is 5.28. The number of aromatic amines is 1. The van der Waals surface area contributed by atoms with E-state index in [2.05, 4.69) is 44.7 Å². The van der Waals surface area contributed by atoms with Gasteiger partial charge in [-0.3, -0.25) is 0 Å². The molecule has 0 spiro atoms. The minimum Gasteiger partial charge on any atom is -0.368 e. The Morgan fingerprint density at radius 3 is 2.74 bits per heavy atom. The molecule has 0 aromatic carbocycles. The molecule has 2 aromatic rings. The lowest BCUT2D eigenvalue weighted by Gasteiger charge is -2.24. The summed E-state index contributed by atoms with van der Waals surface area (Å²) in [6.45, 7) is 5.03. The number of nitrogens with zero attached hydrogens (tertiary/aromatic N) is 2. The number of hydrogen-bond acceptors (Lipinski definition) is 5. The van der Waals surface area contributed by atoms with Gasteiger partial charge in [0.05, 0.1) is 5.69 Å². The van der Waals surface area contributed by atoms with Gasteiger partial charge in [0, 0.05) is 30.5 Å². The zero-order valence-corrected chi connectivity index (χ0v) is 11.5. The Labute approximate surface area is 113 Å². The monoisotopic (exact) mass is 260 g/mol. The van der Waals surface area contributed by atoms with Crippen molar-refractivity contribution < 1.29 is 0 Å². The molecule has 2 rings (SSSR count). The number of hydrogen-bond donors (Lipinski definition) is 4. The highest BCUT2D eigenvalue weighted by atomic mass is 15.1. The molecule has 0 aliphatic rings. The lowest BCUT2D eigenvalue weighted by atomic mass is 10.1. The van der Waals surface area contributed by atoms with Gasteiger partial charge in [0.25, 0.3) is 0 Å². The van der Waals surface area contributed by atoms with Gasteiger partial charge in [-0.1, -0.05) is 0 Å². The Morgan fingerprint density at radius 2 is 2.05 bits per heavy atom. The fraction of sp³-hybridized carbons (Fsp3) is 0.385. The molecule has 0 aliphatic carbocycles. The molecular weight excluding hydrogens is 240 g/mol. The van der Waals surface area contributed by atoms with Crippen LogP contribution in [-0.2, 0) is 0 Å². The van der Waals surface area contributed by atoms with Crippen molar-refractivity contribution in [1.82, 2.24) is 20.3 Å². The predicted molar refractivity (Wildman–Crippen MR) is 77.7 cm³/mol. The van der Waals surface area contributed by atoms with Crippen LogP contribution in [0.2, 0.25) is 0 Å². The Morgan fingerprint density at radius 1 is 1.26 bits per heavy atom. The summed E-state index contributed by atoms with van der Waals surface area (Å²) in [4.78, 5) is 11.4. The topological polar surface area (TPSA) is 77.7 Å². The lowest BCUT2D eigenvalue weighted by Crippen LogP contribution is -2.42. The van der Waals surface area contributed by atoms with Crippen molar-refractivity contribution in [3.05, 3.63) is 30.9 Å². The summed E-state index contributed by atoms with van der Waals surface area (Å²) in [5.74, 6) is 1.57. The summed E-state index contributed by atoms with van der Waals surface area (Å²) < 4.78 is 0. The first-order valence-electron chi connectivity index (χ1n) is 6.24. The number of rotatable bonds is 6. The molecular formula is C13H20N6. The third-order valence-electron chi connectivity index (χ3n) is 2.93. The second kappa shape index (κ2) is 5.71. The van der Waals surface area contributed by atoms with Crippen molar-refractivity contribution in [3.63, 3.8) is 0 Å². The molecule has 0 atom stereocenters. The van der Waals surface area contributed by atoms with E-state index < -0.39 is 0 Å². The summed E-state index contributed by atoms with van der Waals surface area (Å²) in [6, 6.07) is 3.83. The van der Waals surface area contributed by atoms with Crippen LogP contribution in [0.3, 0.4) is 0 Å². The molecule has 6 heteroatoms. The molecule has 2 aromatic heterocycles. The van der Waals surface area contributed by atoms with E-state index in [0.29, 0.717) is 0 Å². The summed E-state index contributed by atoms with van der Waals surface area (Å²) >= 11 is 0. The maximum absolute atomic E-state index is 4.21. The molecule has 19 heavy (non-hydrogen) atoms.